The van der Waals surface area contributed by atoms with Crippen molar-refractivity contribution >= 4 is 28.8 Å². The lowest BCUT2D eigenvalue weighted by Crippen LogP contribution is -2.44. The van der Waals surface area contributed by atoms with E-state index in [1.165, 1.54) is 0 Å². The summed E-state index contributed by atoms with van der Waals surface area (Å²) in [5.41, 5.74) is 9.15. The first-order valence-electron chi connectivity index (χ1n) is 6.99. The number of halogens is 1. The monoisotopic (exact) mass is 300 g/mol. The number of fused-ring (bicyclic) bond motifs is 1. The predicted molar refractivity (Wildman–Crippen MR) is 87.2 cm³/mol. The fraction of sp³-hybridized carbons (Fsp3) is 0.250. The van der Waals surface area contributed by atoms with Crippen molar-refractivity contribution in [3.63, 3.8) is 0 Å². The molecule has 0 unspecified atom stereocenters. The molecule has 0 bridgehead atoms. The molecule has 3 rings (SSSR count). The van der Waals surface area contributed by atoms with Crippen LogP contribution in [0.2, 0.25) is 5.02 Å². The molecule has 0 amide bonds. The summed E-state index contributed by atoms with van der Waals surface area (Å²) in [6.07, 6.45) is 4.40. The number of nitrogens with zero attached hydrogens (tertiary/aromatic N) is 3. The summed E-state index contributed by atoms with van der Waals surface area (Å²) in [6, 6.07) is 9.59. The van der Waals surface area contributed by atoms with E-state index in [0.29, 0.717) is 6.54 Å². The van der Waals surface area contributed by atoms with Gasteiger partial charge in [0.2, 0.25) is 0 Å². The van der Waals surface area contributed by atoms with E-state index in [9.17, 15) is 0 Å². The van der Waals surface area contributed by atoms with Gasteiger partial charge in [-0.25, -0.2) is 4.99 Å². The van der Waals surface area contributed by atoms with Crippen molar-refractivity contribution in [2.24, 2.45) is 10.7 Å². The first-order chi connectivity index (χ1) is 10.2. The van der Waals surface area contributed by atoms with Crippen LogP contribution in [0.3, 0.4) is 0 Å². The summed E-state index contributed by atoms with van der Waals surface area (Å²) in [4.78, 5) is 11.0. The number of nitrogens with two attached hydrogens (primary N) is 1. The summed E-state index contributed by atoms with van der Waals surface area (Å²) in [5, 5.41) is 0.731. The van der Waals surface area contributed by atoms with Gasteiger partial charge < -0.3 is 10.6 Å². The van der Waals surface area contributed by atoms with E-state index >= 15 is 0 Å². The molecule has 0 aliphatic carbocycles. The van der Waals surface area contributed by atoms with E-state index in [1.54, 1.807) is 6.20 Å². The molecule has 0 saturated carbocycles. The van der Waals surface area contributed by atoms with Gasteiger partial charge in [0.05, 0.1) is 30.2 Å². The maximum Gasteiger partial charge on any atom is 0.127 e. The van der Waals surface area contributed by atoms with Crippen molar-refractivity contribution in [1.29, 1.82) is 0 Å². The summed E-state index contributed by atoms with van der Waals surface area (Å²) in [7, 11) is 0. The molecule has 0 radical (unpaired) electrons. The number of aliphatic imine (C=N–C) groups is 1. The second kappa shape index (κ2) is 5.84. The Hall–Kier alpha value is -1.91. The number of hydrogen-bond donors (Lipinski definition) is 1. The van der Waals surface area contributed by atoms with E-state index < -0.39 is 0 Å². The maximum atomic E-state index is 6.31. The van der Waals surface area contributed by atoms with Crippen LogP contribution in [-0.2, 0) is 6.54 Å². The Bertz CT molecular complexity index is 669. The van der Waals surface area contributed by atoms with Crippen molar-refractivity contribution in [2.45, 2.75) is 25.9 Å². The highest BCUT2D eigenvalue weighted by molar-refractivity contribution is 6.32. The molecule has 1 atom stereocenters. The van der Waals surface area contributed by atoms with Crippen molar-refractivity contribution in [1.82, 2.24) is 4.98 Å². The number of pyridine rings is 1. The third-order valence-electron chi connectivity index (χ3n) is 3.65. The molecular weight excluding hydrogens is 284 g/mol. The quantitative estimate of drug-likeness (QED) is 0.943. The molecule has 21 heavy (non-hydrogen) atoms. The van der Waals surface area contributed by atoms with E-state index in [-0.39, 0.29) is 6.04 Å². The van der Waals surface area contributed by atoms with Crippen LogP contribution in [-0.4, -0.2) is 16.9 Å². The SMILES string of the molecule is CC[C@H](N)C1=Nc2cccc(Cl)c2CN1c1cccnc1. The van der Waals surface area contributed by atoms with Crippen LogP contribution in [0.4, 0.5) is 11.4 Å². The minimum atomic E-state index is -0.114. The van der Waals surface area contributed by atoms with Gasteiger partial charge in [-0.05, 0) is 30.7 Å². The second-order valence-corrected chi connectivity index (χ2v) is 5.43. The molecule has 1 aliphatic rings. The zero-order valence-corrected chi connectivity index (χ0v) is 12.6. The summed E-state index contributed by atoms with van der Waals surface area (Å²) >= 11 is 6.31. The van der Waals surface area contributed by atoms with E-state index in [0.717, 1.165) is 34.2 Å². The number of hydrogen-bond acceptors (Lipinski definition) is 4. The Morgan fingerprint density at radius 2 is 2.19 bits per heavy atom. The van der Waals surface area contributed by atoms with E-state index in [1.807, 2.05) is 36.5 Å². The summed E-state index contributed by atoms with van der Waals surface area (Å²) < 4.78 is 0. The highest BCUT2D eigenvalue weighted by Gasteiger charge is 2.26. The fourth-order valence-corrected chi connectivity index (χ4v) is 2.66. The number of benzene rings is 1. The van der Waals surface area contributed by atoms with Crippen molar-refractivity contribution < 1.29 is 0 Å². The lowest BCUT2D eigenvalue weighted by Gasteiger charge is -2.33. The Kier molecular flexibility index (Phi) is 3.90. The van der Waals surface area contributed by atoms with Crippen LogP contribution in [0.15, 0.2) is 47.7 Å². The van der Waals surface area contributed by atoms with Crippen molar-refractivity contribution in [2.75, 3.05) is 4.90 Å². The molecule has 0 fully saturated rings. The van der Waals surface area contributed by atoms with Gasteiger partial charge in [-0.1, -0.05) is 24.6 Å². The van der Waals surface area contributed by atoms with E-state index in [4.69, 9.17) is 22.3 Å². The highest BCUT2D eigenvalue weighted by Crippen LogP contribution is 2.34. The van der Waals surface area contributed by atoms with Gasteiger partial charge in [0.1, 0.15) is 5.84 Å². The summed E-state index contributed by atoms with van der Waals surface area (Å²) in [5.74, 6) is 0.861. The lowest BCUT2D eigenvalue weighted by molar-refractivity contribution is 0.783. The minimum absolute atomic E-state index is 0.114. The third-order valence-corrected chi connectivity index (χ3v) is 4.01. The van der Waals surface area contributed by atoms with Crippen LogP contribution in [0.5, 0.6) is 0 Å². The molecule has 1 aromatic heterocycles. The standard InChI is InChI=1S/C16H17ClN4/c1-2-14(18)16-20-15-7-3-6-13(17)12(15)10-21(16)11-5-4-8-19-9-11/h3-9,14H,2,10,18H2,1H3/t14-/m0/s1. The van der Waals surface area contributed by atoms with Gasteiger partial charge in [0, 0.05) is 16.8 Å². The molecule has 1 aromatic carbocycles. The van der Waals surface area contributed by atoms with Crippen molar-refractivity contribution in [3.05, 3.63) is 53.3 Å². The largest absolute Gasteiger partial charge is 0.323 e. The van der Waals surface area contributed by atoms with Gasteiger partial charge in [-0.2, -0.15) is 0 Å². The van der Waals surface area contributed by atoms with Gasteiger partial charge in [-0.15, -0.1) is 0 Å². The maximum absolute atomic E-state index is 6.31. The van der Waals surface area contributed by atoms with Gasteiger partial charge in [0.15, 0.2) is 0 Å². The molecule has 2 heterocycles. The first kappa shape index (κ1) is 14.0. The van der Waals surface area contributed by atoms with Gasteiger partial charge in [-0.3, -0.25) is 4.98 Å². The Labute approximate surface area is 129 Å². The average Bonchev–Trinajstić information content (AvgIpc) is 2.54. The van der Waals surface area contributed by atoms with Crippen LogP contribution < -0.4 is 10.6 Å². The van der Waals surface area contributed by atoms with Crippen LogP contribution in [0, 0.1) is 0 Å². The molecule has 4 nitrogen and oxygen atoms in total. The normalized spacial score (nSPS) is 15.4. The topological polar surface area (TPSA) is 54.5 Å². The Morgan fingerprint density at radius 3 is 2.90 bits per heavy atom. The molecule has 0 spiro atoms. The predicted octanol–water partition coefficient (Wildman–Crippen LogP) is 3.52. The molecule has 5 heteroatoms. The van der Waals surface area contributed by atoms with Crippen LogP contribution in [0.25, 0.3) is 0 Å². The smallest absolute Gasteiger partial charge is 0.127 e. The van der Waals surface area contributed by atoms with Crippen molar-refractivity contribution in [3.8, 4) is 0 Å². The molecule has 2 aromatic rings. The molecule has 108 valence electrons. The van der Waals surface area contributed by atoms with Gasteiger partial charge in [0.25, 0.3) is 0 Å². The number of amidine groups is 1. The molecule has 2 N–H and O–H groups in total. The third kappa shape index (κ3) is 2.64. The zero-order valence-electron chi connectivity index (χ0n) is 11.8. The first-order valence-corrected chi connectivity index (χ1v) is 7.37. The highest BCUT2D eigenvalue weighted by atomic mass is 35.5. The lowest BCUT2D eigenvalue weighted by atomic mass is 10.1. The number of aromatic nitrogens is 1. The average molecular weight is 301 g/mol. The molecule has 1 aliphatic heterocycles. The summed E-state index contributed by atoms with van der Waals surface area (Å²) in [6.45, 7) is 2.72. The Morgan fingerprint density at radius 1 is 1.33 bits per heavy atom. The fourth-order valence-electron chi connectivity index (χ4n) is 2.43. The minimum Gasteiger partial charge on any atom is -0.323 e. The number of anilines is 1. The molecule has 0 saturated heterocycles. The van der Waals surface area contributed by atoms with E-state index in [2.05, 4.69) is 16.8 Å². The number of rotatable bonds is 3. The zero-order chi connectivity index (χ0) is 14.8. The second-order valence-electron chi connectivity index (χ2n) is 5.02. The Balaban J connectivity index is 2.10. The van der Waals surface area contributed by atoms with Crippen LogP contribution in [0.1, 0.15) is 18.9 Å². The molecular formula is C16H17ClN4. The van der Waals surface area contributed by atoms with Crippen LogP contribution >= 0.6 is 11.6 Å². The van der Waals surface area contributed by atoms with Gasteiger partial charge >= 0.3 is 0 Å².